The quantitative estimate of drug-likeness (QED) is 0.292. The third kappa shape index (κ3) is 3.44. The third-order valence-electron chi connectivity index (χ3n) is 7.26. The minimum absolute atomic E-state index is 0.174. The first-order chi connectivity index (χ1) is 11.5. The van der Waals surface area contributed by atoms with Crippen LogP contribution in [0.1, 0.15) is 90.9 Å². The van der Waals surface area contributed by atoms with Crippen LogP contribution in [0, 0.1) is 23.2 Å². The first-order valence-electron chi connectivity index (χ1n) is 10.4. The molecule has 0 amide bonds. The molecule has 0 spiro atoms. The molecule has 4 aliphatic carbocycles. The lowest BCUT2D eigenvalue weighted by molar-refractivity contribution is -0.222. The standard InChI is InChI=1S/C22H36O2/c1-4-6-7-8-9-10-11-22(24-20(23)5-2)18-12-17-13-19(22)16-21(3,14-17)15-18/h5,17-19H,2,4,6-16H2,1,3H3. The van der Waals surface area contributed by atoms with Gasteiger partial charge in [0.25, 0.3) is 0 Å². The van der Waals surface area contributed by atoms with Gasteiger partial charge in [0, 0.05) is 6.08 Å². The molecule has 2 heteroatoms. The second-order valence-corrected chi connectivity index (χ2v) is 9.25. The van der Waals surface area contributed by atoms with Gasteiger partial charge in [0.1, 0.15) is 5.60 Å². The van der Waals surface area contributed by atoms with Crippen molar-refractivity contribution in [2.45, 2.75) is 96.5 Å². The van der Waals surface area contributed by atoms with Crippen molar-refractivity contribution in [2.75, 3.05) is 0 Å². The molecular weight excluding hydrogens is 296 g/mol. The van der Waals surface area contributed by atoms with Crippen LogP contribution in [-0.2, 0) is 9.53 Å². The molecular formula is C22H36O2. The van der Waals surface area contributed by atoms with E-state index < -0.39 is 0 Å². The minimum atomic E-state index is -0.196. The van der Waals surface area contributed by atoms with Gasteiger partial charge in [0.05, 0.1) is 0 Å². The summed E-state index contributed by atoms with van der Waals surface area (Å²) in [7, 11) is 0. The van der Waals surface area contributed by atoms with Gasteiger partial charge in [-0.25, -0.2) is 4.79 Å². The fourth-order valence-electron chi connectivity index (χ4n) is 6.49. The van der Waals surface area contributed by atoms with Gasteiger partial charge in [0.2, 0.25) is 0 Å². The van der Waals surface area contributed by atoms with Crippen molar-refractivity contribution < 1.29 is 9.53 Å². The summed E-state index contributed by atoms with van der Waals surface area (Å²) in [4.78, 5) is 12.1. The molecule has 0 saturated heterocycles. The normalized spacial score (nSPS) is 39.8. The van der Waals surface area contributed by atoms with Crippen LogP contribution in [0.25, 0.3) is 0 Å². The van der Waals surface area contributed by atoms with Crippen LogP contribution in [0.5, 0.6) is 0 Å². The largest absolute Gasteiger partial charge is 0.455 e. The molecule has 2 unspecified atom stereocenters. The van der Waals surface area contributed by atoms with Gasteiger partial charge in [-0.1, -0.05) is 52.5 Å². The lowest BCUT2D eigenvalue weighted by atomic mass is 9.44. The van der Waals surface area contributed by atoms with Crippen LogP contribution in [-0.4, -0.2) is 11.6 Å². The molecule has 0 heterocycles. The summed E-state index contributed by atoms with van der Waals surface area (Å²) in [6, 6.07) is 0. The molecule has 4 fully saturated rings. The van der Waals surface area contributed by atoms with Crippen LogP contribution < -0.4 is 0 Å². The fraction of sp³-hybridized carbons (Fsp3) is 0.864. The molecule has 2 nitrogen and oxygen atoms in total. The zero-order valence-electron chi connectivity index (χ0n) is 15.8. The molecule has 24 heavy (non-hydrogen) atoms. The van der Waals surface area contributed by atoms with Crippen molar-refractivity contribution in [1.82, 2.24) is 0 Å². The summed E-state index contributed by atoms with van der Waals surface area (Å²) in [5, 5.41) is 0. The molecule has 2 atom stereocenters. The number of hydrogen-bond acceptors (Lipinski definition) is 2. The Kier molecular flexibility index (Phi) is 5.42. The number of esters is 1. The average molecular weight is 333 g/mol. The summed E-state index contributed by atoms with van der Waals surface area (Å²) in [6.45, 7) is 8.38. The number of carbonyl (C=O) groups is 1. The van der Waals surface area contributed by atoms with Gasteiger partial charge >= 0.3 is 5.97 Å². The van der Waals surface area contributed by atoms with E-state index in [-0.39, 0.29) is 11.6 Å². The maximum atomic E-state index is 12.1. The van der Waals surface area contributed by atoms with Gasteiger partial charge < -0.3 is 4.74 Å². The highest BCUT2D eigenvalue weighted by Gasteiger charge is 2.62. The zero-order valence-corrected chi connectivity index (χ0v) is 15.8. The molecule has 4 aliphatic rings. The maximum Gasteiger partial charge on any atom is 0.330 e. The van der Waals surface area contributed by atoms with E-state index in [9.17, 15) is 4.79 Å². The number of rotatable bonds is 9. The molecule has 0 aromatic heterocycles. The topological polar surface area (TPSA) is 26.3 Å². The highest BCUT2D eigenvalue weighted by atomic mass is 16.6. The van der Waals surface area contributed by atoms with Crippen molar-refractivity contribution in [3.63, 3.8) is 0 Å². The highest BCUT2D eigenvalue weighted by molar-refractivity contribution is 5.81. The Balaban J connectivity index is 1.67. The molecule has 4 saturated carbocycles. The second-order valence-electron chi connectivity index (χ2n) is 9.25. The van der Waals surface area contributed by atoms with Gasteiger partial charge in [-0.2, -0.15) is 0 Å². The number of carbonyl (C=O) groups excluding carboxylic acids is 1. The van der Waals surface area contributed by atoms with Gasteiger partial charge in [0.15, 0.2) is 0 Å². The van der Waals surface area contributed by atoms with Crippen molar-refractivity contribution >= 4 is 5.97 Å². The van der Waals surface area contributed by atoms with E-state index in [1.54, 1.807) is 0 Å². The SMILES string of the molecule is C=CC(=O)OC1(CCCCCCCC)C2CC3CC1CC(C)(C3)C2. The molecule has 0 aromatic rings. The molecule has 136 valence electrons. The van der Waals surface area contributed by atoms with Crippen molar-refractivity contribution in [2.24, 2.45) is 23.2 Å². The smallest absolute Gasteiger partial charge is 0.330 e. The average Bonchev–Trinajstić information content (AvgIpc) is 2.53. The van der Waals surface area contributed by atoms with E-state index in [0.29, 0.717) is 17.3 Å². The van der Waals surface area contributed by atoms with Crippen LogP contribution in [0.3, 0.4) is 0 Å². The van der Waals surface area contributed by atoms with Crippen molar-refractivity contribution in [1.29, 1.82) is 0 Å². The van der Waals surface area contributed by atoms with Crippen molar-refractivity contribution in [3.05, 3.63) is 12.7 Å². The van der Waals surface area contributed by atoms with Gasteiger partial charge in [-0.3, -0.25) is 0 Å². The first-order valence-corrected chi connectivity index (χ1v) is 10.4. The first kappa shape index (κ1) is 18.0. The van der Waals surface area contributed by atoms with E-state index in [1.807, 2.05) is 0 Å². The molecule has 0 aliphatic heterocycles. The Morgan fingerprint density at radius 3 is 2.29 bits per heavy atom. The second kappa shape index (κ2) is 7.22. The van der Waals surface area contributed by atoms with Crippen molar-refractivity contribution in [3.8, 4) is 0 Å². The van der Waals surface area contributed by atoms with Gasteiger partial charge in [-0.05, 0) is 68.1 Å². The van der Waals surface area contributed by atoms with E-state index in [2.05, 4.69) is 20.4 Å². The molecule has 0 radical (unpaired) electrons. The number of hydrogen-bond donors (Lipinski definition) is 0. The lowest BCUT2D eigenvalue weighted by Gasteiger charge is -2.64. The Hall–Kier alpha value is -0.790. The summed E-state index contributed by atoms with van der Waals surface area (Å²) in [5.74, 6) is 1.87. The molecule has 4 bridgehead atoms. The van der Waals surface area contributed by atoms with E-state index >= 15 is 0 Å². The lowest BCUT2D eigenvalue weighted by Crippen LogP contribution is -2.62. The Morgan fingerprint density at radius 1 is 1.08 bits per heavy atom. The van der Waals surface area contributed by atoms with Crippen LogP contribution >= 0.6 is 0 Å². The molecule has 4 rings (SSSR count). The van der Waals surface area contributed by atoms with E-state index in [4.69, 9.17) is 4.74 Å². The Morgan fingerprint density at radius 2 is 1.71 bits per heavy atom. The number of ether oxygens (including phenoxy) is 1. The molecule has 0 aromatic carbocycles. The van der Waals surface area contributed by atoms with Crippen LogP contribution in [0.15, 0.2) is 12.7 Å². The predicted molar refractivity (Wildman–Crippen MR) is 98.7 cm³/mol. The van der Waals surface area contributed by atoms with Gasteiger partial charge in [-0.15, -0.1) is 0 Å². The Labute approximate surface area is 148 Å². The summed E-state index contributed by atoms with van der Waals surface area (Å²) >= 11 is 0. The monoisotopic (exact) mass is 332 g/mol. The summed E-state index contributed by atoms with van der Waals surface area (Å²) < 4.78 is 6.18. The number of unbranched alkanes of at least 4 members (excludes halogenated alkanes) is 5. The summed E-state index contributed by atoms with van der Waals surface area (Å²) in [5.41, 5.74) is 0.341. The van der Waals surface area contributed by atoms with Crippen LogP contribution in [0.4, 0.5) is 0 Å². The predicted octanol–water partition coefficient (Wildman–Crippen LogP) is 6.05. The molecule has 0 N–H and O–H groups in total. The zero-order chi connectivity index (χ0) is 17.2. The maximum absolute atomic E-state index is 12.1. The highest BCUT2D eigenvalue weighted by Crippen LogP contribution is 2.65. The summed E-state index contributed by atoms with van der Waals surface area (Å²) in [6.07, 6.45) is 16.8. The third-order valence-corrected chi connectivity index (χ3v) is 7.26. The fourth-order valence-corrected chi connectivity index (χ4v) is 6.49. The minimum Gasteiger partial charge on any atom is -0.455 e. The Bertz CT molecular complexity index is 451. The van der Waals surface area contributed by atoms with E-state index in [0.717, 1.165) is 12.3 Å². The van der Waals surface area contributed by atoms with E-state index in [1.165, 1.54) is 76.7 Å². The van der Waals surface area contributed by atoms with Crippen LogP contribution in [0.2, 0.25) is 0 Å².